The maximum absolute atomic E-state index is 12.2. The summed E-state index contributed by atoms with van der Waals surface area (Å²) in [6.45, 7) is 8.72. The molecule has 7 nitrogen and oxygen atoms in total. The minimum Gasteiger partial charge on any atom is -0.460 e. The van der Waals surface area contributed by atoms with Crippen LogP contribution in [0, 0.1) is 0 Å². The highest BCUT2D eigenvalue weighted by atomic mass is 35.5. The second-order valence-electron chi connectivity index (χ2n) is 7.32. The normalized spacial score (nSPS) is 14.9. The number of aliphatic hydroxyl groups excluding tert-OH is 2. The van der Waals surface area contributed by atoms with Gasteiger partial charge in [0.2, 0.25) is 6.41 Å². The van der Waals surface area contributed by atoms with E-state index in [0.717, 1.165) is 0 Å². The van der Waals surface area contributed by atoms with Crippen molar-refractivity contribution in [3.05, 3.63) is 46.5 Å². The van der Waals surface area contributed by atoms with Crippen molar-refractivity contribution in [1.82, 2.24) is 5.32 Å². The van der Waals surface area contributed by atoms with Gasteiger partial charge in [0.1, 0.15) is 5.60 Å². The van der Waals surface area contributed by atoms with Crippen molar-refractivity contribution in [2.45, 2.75) is 58.0 Å². The van der Waals surface area contributed by atoms with Crippen molar-refractivity contribution in [3.8, 4) is 0 Å². The zero-order valence-corrected chi connectivity index (χ0v) is 18.4. The lowest BCUT2D eigenvalue weighted by Gasteiger charge is -2.27. The Morgan fingerprint density at radius 2 is 1.90 bits per heavy atom. The predicted octanol–water partition coefficient (Wildman–Crippen LogP) is 3.04. The fraction of sp³-hybridized carbons (Fsp3) is 0.550. The summed E-state index contributed by atoms with van der Waals surface area (Å²) >= 11 is 12.2. The highest BCUT2D eigenvalue weighted by molar-refractivity contribution is 6.35. The number of nitrogens with one attached hydrogen (secondary N) is 1. The molecule has 164 valence electrons. The Morgan fingerprint density at radius 1 is 1.28 bits per heavy atom. The number of hydrogen-bond acceptors (Lipinski definition) is 7. The van der Waals surface area contributed by atoms with Crippen LogP contribution < -0.4 is 5.32 Å². The Bertz CT molecular complexity index is 645. The van der Waals surface area contributed by atoms with Crippen LogP contribution in [-0.2, 0) is 25.6 Å². The number of esters is 1. The molecule has 0 saturated carbocycles. The Labute approximate surface area is 181 Å². The molecule has 0 aliphatic carbocycles. The van der Waals surface area contributed by atoms with Crippen LogP contribution in [-0.4, -0.2) is 53.6 Å². The quantitative estimate of drug-likeness (QED) is 0.256. The monoisotopic (exact) mass is 449 g/mol. The van der Waals surface area contributed by atoms with Crippen molar-refractivity contribution in [3.63, 3.8) is 0 Å². The zero-order chi connectivity index (χ0) is 22.0. The van der Waals surface area contributed by atoms with E-state index in [9.17, 15) is 15.0 Å². The largest absolute Gasteiger partial charge is 0.460 e. The highest BCUT2D eigenvalue weighted by Gasteiger charge is 2.27. The lowest BCUT2D eigenvalue weighted by Crippen LogP contribution is -2.49. The molecular formula is C20H29Cl2NO6. The Balaban J connectivity index is 2.71. The smallest absolute Gasteiger partial charge is 0.307 e. The first-order valence-corrected chi connectivity index (χ1v) is 9.86. The first-order valence-electron chi connectivity index (χ1n) is 9.10. The topological polar surface area (TPSA) is 97.3 Å². The van der Waals surface area contributed by atoms with E-state index in [1.54, 1.807) is 39.0 Å². The van der Waals surface area contributed by atoms with E-state index in [1.807, 2.05) is 0 Å². The van der Waals surface area contributed by atoms with Crippen molar-refractivity contribution in [1.29, 1.82) is 0 Å². The van der Waals surface area contributed by atoms with Crippen LogP contribution in [0.1, 0.15) is 32.8 Å². The van der Waals surface area contributed by atoms with Crippen molar-refractivity contribution >= 4 is 29.2 Å². The first-order chi connectivity index (χ1) is 13.5. The van der Waals surface area contributed by atoms with Gasteiger partial charge in [0, 0.05) is 15.6 Å². The summed E-state index contributed by atoms with van der Waals surface area (Å²) in [4.78, 5) is 12.2. The average molecular weight is 450 g/mol. The molecular weight excluding hydrogens is 421 g/mol. The van der Waals surface area contributed by atoms with Gasteiger partial charge in [-0.1, -0.05) is 35.3 Å². The number of rotatable bonds is 12. The van der Waals surface area contributed by atoms with Gasteiger partial charge in [0.15, 0.2) is 0 Å². The van der Waals surface area contributed by atoms with Gasteiger partial charge < -0.3 is 24.4 Å². The maximum Gasteiger partial charge on any atom is 0.307 e. The van der Waals surface area contributed by atoms with Gasteiger partial charge >= 0.3 is 5.97 Å². The minimum atomic E-state index is -1.41. The summed E-state index contributed by atoms with van der Waals surface area (Å²) in [6.07, 6.45) is -1.30. The molecule has 0 amide bonds. The fourth-order valence-corrected chi connectivity index (χ4v) is 2.83. The van der Waals surface area contributed by atoms with Crippen LogP contribution in [0.3, 0.4) is 0 Å². The van der Waals surface area contributed by atoms with E-state index in [4.69, 9.17) is 37.4 Å². The van der Waals surface area contributed by atoms with Crippen LogP contribution >= 0.6 is 23.2 Å². The van der Waals surface area contributed by atoms with E-state index in [0.29, 0.717) is 15.6 Å². The molecule has 0 spiro atoms. The number of carbonyl (C=O) groups is 1. The van der Waals surface area contributed by atoms with Crippen molar-refractivity contribution in [2.75, 3.05) is 13.2 Å². The summed E-state index contributed by atoms with van der Waals surface area (Å²) < 4.78 is 15.8. The third-order valence-electron chi connectivity index (χ3n) is 3.60. The molecule has 3 atom stereocenters. The molecule has 1 rings (SSSR count). The molecule has 0 bridgehead atoms. The van der Waals surface area contributed by atoms with Crippen LogP contribution in [0.15, 0.2) is 30.9 Å². The summed E-state index contributed by atoms with van der Waals surface area (Å²) in [6, 6.07) is 4.20. The standard InChI is InChI=1S/C20H29Cl2NO6/c1-5-9-28-19(26)23-16(10-18(25)29-20(2,3)4)17(24)12-27-11-13-14(21)7-6-8-15(13)22/h5-8,16-17,19,23-24,26H,1,9-12H2,2-4H3/t16-,17+,19+/m0/s1. The second kappa shape index (κ2) is 12.5. The lowest BCUT2D eigenvalue weighted by atomic mass is 10.1. The first kappa shape index (κ1) is 25.8. The van der Waals surface area contributed by atoms with E-state index < -0.39 is 30.1 Å². The van der Waals surface area contributed by atoms with Gasteiger partial charge in [-0.05, 0) is 32.9 Å². The molecule has 0 aliphatic heterocycles. The molecule has 0 radical (unpaired) electrons. The molecule has 9 heteroatoms. The predicted molar refractivity (Wildman–Crippen MR) is 112 cm³/mol. The number of ether oxygens (including phenoxy) is 3. The molecule has 0 heterocycles. The van der Waals surface area contributed by atoms with Gasteiger partial charge in [-0.15, -0.1) is 6.58 Å². The van der Waals surface area contributed by atoms with E-state index in [2.05, 4.69) is 11.9 Å². The summed E-state index contributed by atoms with van der Waals surface area (Å²) in [5.74, 6) is -0.542. The van der Waals surface area contributed by atoms with Gasteiger partial charge in [0.25, 0.3) is 0 Å². The molecule has 3 N–H and O–H groups in total. The fourth-order valence-electron chi connectivity index (χ4n) is 2.33. The molecule has 1 aromatic rings. The zero-order valence-electron chi connectivity index (χ0n) is 16.9. The molecule has 1 aromatic carbocycles. The van der Waals surface area contributed by atoms with E-state index in [-0.39, 0.29) is 26.2 Å². The molecule has 0 aliphatic rings. The number of halogens is 2. The second-order valence-corrected chi connectivity index (χ2v) is 8.14. The van der Waals surface area contributed by atoms with Gasteiger partial charge in [0.05, 0.1) is 38.4 Å². The number of aliphatic hydroxyl groups is 2. The summed E-state index contributed by atoms with van der Waals surface area (Å²) in [7, 11) is 0. The molecule has 0 unspecified atom stereocenters. The molecule has 0 fully saturated rings. The SMILES string of the molecule is C=CCO[C@@H](O)N[C@@H](CC(=O)OC(C)(C)C)[C@H](O)COCc1c(Cl)cccc1Cl. The molecule has 0 aromatic heterocycles. The van der Waals surface area contributed by atoms with Crippen LogP contribution in [0.5, 0.6) is 0 Å². The maximum atomic E-state index is 12.2. The number of hydrogen-bond donors (Lipinski definition) is 3. The van der Waals surface area contributed by atoms with Crippen LogP contribution in [0.25, 0.3) is 0 Å². The number of benzene rings is 1. The molecule has 0 saturated heterocycles. The Hall–Kier alpha value is -1.19. The summed E-state index contributed by atoms with van der Waals surface area (Å²) in [5, 5.41) is 23.9. The number of carbonyl (C=O) groups excluding carboxylic acids is 1. The summed E-state index contributed by atoms with van der Waals surface area (Å²) in [5.41, 5.74) is -0.0870. The Kier molecular flexibility index (Phi) is 11.1. The third kappa shape index (κ3) is 10.4. The van der Waals surface area contributed by atoms with Gasteiger partial charge in [-0.2, -0.15) is 0 Å². The lowest BCUT2D eigenvalue weighted by molar-refractivity contribution is -0.159. The van der Waals surface area contributed by atoms with Crippen LogP contribution in [0.2, 0.25) is 10.0 Å². The van der Waals surface area contributed by atoms with Gasteiger partial charge in [-0.25, -0.2) is 0 Å². The highest BCUT2D eigenvalue weighted by Crippen LogP contribution is 2.25. The van der Waals surface area contributed by atoms with Crippen molar-refractivity contribution < 1.29 is 29.2 Å². The van der Waals surface area contributed by atoms with E-state index >= 15 is 0 Å². The molecule has 29 heavy (non-hydrogen) atoms. The Morgan fingerprint density at radius 3 is 2.45 bits per heavy atom. The average Bonchev–Trinajstić information content (AvgIpc) is 2.60. The minimum absolute atomic E-state index is 0.0737. The van der Waals surface area contributed by atoms with Crippen molar-refractivity contribution in [2.24, 2.45) is 0 Å². The third-order valence-corrected chi connectivity index (χ3v) is 4.30. The van der Waals surface area contributed by atoms with E-state index in [1.165, 1.54) is 6.08 Å². The van der Waals surface area contributed by atoms with Crippen LogP contribution in [0.4, 0.5) is 0 Å². The van der Waals surface area contributed by atoms with Gasteiger partial charge in [-0.3, -0.25) is 10.1 Å².